The third-order valence-electron chi connectivity index (χ3n) is 4.22. The molecule has 6 nitrogen and oxygen atoms in total. The van der Waals surface area contributed by atoms with Crippen molar-refractivity contribution in [3.8, 4) is 0 Å². The summed E-state index contributed by atoms with van der Waals surface area (Å²) in [7, 11) is 0. The maximum absolute atomic E-state index is 13.4. The van der Waals surface area contributed by atoms with Crippen LogP contribution in [0.15, 0.2) is 24.3 Å². The molecule has 144 valence electrons. The summed E-state index contributed by atoms with van der Waals surface area (Å²) < 4.78 is 19.1. The third kappa shape index (κ3) is 7.49. The van der Waals surface area contributed by atoms with E-state index in [1.165, 1.54) is 12.1 Å². The SMILES string of the molecule is CCCCNC(=O)NC(=O)CN(Cc1cccc(F)c1)CC1CCCO1. The van der Waals surface area contributed by atoms with E-state index >= 15 is 0 Å². The highest BCUT2D eigenvalue weighted by Crippen LogP contribution is 2.15. The average Bonchev–Trinajstić information content (AvgIpc) is 3.08. The minimum Gasteiger partial charge on any atom is -0.377 e. The van der Waals surface area contributed by atoms with Gasteiger partial charge < -0.3 is 10.1 Å². The van der Waals surface area contributed by atoms with Gasteiger partial charge >= 0.3 is 6.03 Å². The molecule has 7 heteroatoms. The summed E-state index contributed by atoms with van der Waals surface area (Å²) in [6.07, 6.45) is 3.85. The monoisotopic (exact) mass is 365 g/mol. The molecule has 3 amide bonds. The maximum Gasteiger partial charge on any atom is 0.321 e. The number of hydrogen-bond donors (Lipinski definition) is 2. The largest absolute Gasteiger partial charge is 0.377 e. The summed E-state index contributed by atoms with van der Waals surface area (Å²) >= 11 is 0. The van der Waals surface area contributed by atoms with E-state index in [1.807, 2.05) is 17.9 Å². The fraction of sp³-hybridized carbons (Fsp3) is 0.579. The van der Waals surface area contributed by atoms with Crippen molar-refractivity contribution < 1.29 is 18.7 Å². The van der Waals surface area contributed by atoms with Gasteiger partial charge in [0.2, 0.25) is 5.91 Å². The molecule has 26 heavy (non-hydrogen) atoms. The van der Waals surface area contributed by atoms with Gasteiger partial charge in [-0.05, 0) is 37.0 Å². The number of carbonyl (C=O) groups excluding carboxylic acids is 2. The summed E-state index contributed by atoms with van der Waals surface area (Å²) in [5.41, 5.74) is 0.781. The Morgan fingerprint density at radius 3 is 2.92 bits per heavy atom. The second-order valence-corrected chi connectivity index (χ2v) is 6.59. The Morgan fingerprint density at radius 2 is 2.23 bits per heavy atom. The molecule has 0 radical (unpaired) electrons. The van der Waals surface area contributed by atoms with Crippen LogP contribution in [0.2, 0.25) is 0 Å². The van der Waals surface area contributed by atoms with E-state index in [0.717, 1.165) is 37.9 Å². The van der Waals surface area contributed by atoms with Crippen molar-refractivity contribution in [3.05, 3.63) is 35.6 Å². The average molecular weight is 365 g/mol. The van der Waals surface area contributed by atoms with Crippen molar-refractivity contribution in [3.63, 3.8) is 0 Å². The molecule has 1 unspecified atom stereocenters. The molecule has 0 saturated carbocycles. The first-order valence-corrected chi connectivity index (χ1v) is 9.23. The quantitative estimate of drug-likeness (QED) is 0.660. The predicted octanol–water partition coefficient (Wildman–Crippen LogP) is 2.43. The number of hydrogen-bond acceptors (Lipinski definition) is 4. The van der Waals surface area contributed by atoms with Gasteiger partial charge in [-0.2, -0.15) is 0 Å². The normalized spacial score (nSPS) is 16.7. The van der Waals surface area contributed by atoms with Gasteiger partial charge in [-0.3, -0.25) is 15.0 Å². The number of ether oxygens (including phenoxy) is 1. The van der Waals surface area contributed by atoms with Gasteiger partial charge in [-0.1, -0.05) is 25.5 Å². The highest BCUT2D eigenvalue weighted by Gasteiger charge is 2.21. The van der Waals surface area contributed by atoms with E-state index < -0.39 is 6.03 Å². The van der Waals surface area contributed by atoms with E-state index in [4.69, 9.17) is 4.74 Å². The molecule has 1 aromatic rings. The van der Waals surface area contributed by atoms with Crippen LogP contribution in [0.3, 0.4) is 0 Å². The van der Waals surface area contributed by atoms with E-state index in [1.54, 1.807) is 6.07 Å². The molecular weight excluding hydrogens is 337 g/mol. The van der Waals surface area contributed by atoms with Crippen LogP contribution in [0.25, 0.3) is 0 Å². The molecule has 1 saturated heterocycles. The number of rotatable bonds is 9. The minimum absolute atomic E-state index is 0.0531. The van der Waals surface area contributed by atoms with Gasteiger partial charge in [0, 0.05) is 26.2 Å². The lowest BCUT2D eigenvalue weighted by Crippen LogP contribution is -2.45. The zero-order valence-corrected chi connectivity index (χ0v) is 15.3. The number of carbonyl (C=O) groups is 2. The number of nitrogens with zero attached hydrogens (tertiary/aromatic N) is 1. The van der Waals surface area contributed by atoms with E-state index in [2.05, 4.69) is 10.6 Å². The molecule has 1 aliphatic heterocycles. The van der Waals surface area contributed by atoms with Crippen LogP contribution in [-0.2, 0) is 16.1 Å². The Morgan fingerprint density at radius 1 is 1.38 bits per heavy atom. The van der Waals surface area contributed by atoms with E-state index in [9.17, 15) is 14.0 Å². The first kappa shape index (κ1) is 20.3. The van der Waals surface area contributed by atoms with Crippen molar-refractivity contribution in [1.82, 2.24) is 15.5 Å². The van der Waals surface area contributed by atoms with Crippen molar-refractivity contribution >= 4 is 11.9 Å². The lowest BCUT2D eigenvalue weighted by molar-refractivity contribution is -0.121. The van der Waals surface area contributed by atoms with Gasteiger partial charge in [0.05, 0.1) is 12.6 Å². The Kier molecular flexibility index (Phi) is 8.50. The molecule has 1 aromatic carbocycles. The van der Waals surface area contributed by atoms with Gasteiger partial charge in [-0.25, -0.2) is 9.18 Å². The molecule has 2 rings (SSSR count). The van der Waals surface area contributed by atoms with Gasteiger partial charge in [0.15, 0.2) is 0 Å². The molecule has 0 aromatic heterocycles. The first-order chi connectivity index (χ1) is 12.6. The lowest BCUT2D eigenvalue weighted by atomic mass is 10.1. The minimum atomic E-state index is -0.480. The van der Waals surface area contributed by atoms with Crippen LogP contribution in [0.1, 0.15) is 38.2 Å². The molecular formula is C19H28FN3O3. The second-order valence-electron chi connectivity index (χ2n) is 6.59. The summed E-state index contributed by atoms with van der Waals surface area (Å²) in [6.45, 7) is 4.34. The number of amides is 3. The number of benzene rings is 1. The van der Waals surface area contributed by atoms with Crippen LogP contribution >= 0.6 is 0 Å². The highest BCUT2D eigenvalue weighted by molar-refractivity contribution is 5.95. The fourth-order valence-corrected chi connectivity index (χ4v) is 2.95. The number of urea groups is 1. The van der Waals surface area contributed by atoms with Gasteiger partial charge in [0.25, 0.3) is 0 Å². The maximum atomic E-state index is 13.4. The fourth-order valence-electron chi connectivity index (χ4n) is 2.95. The Balaban J connectivity index is 1.89. The third-order valence-corrected chi connectivity index (χ3v) is 4.22. The number of halogens is 1. The van der Waals surface area contributed by atoms with Gasteiger partial charge in [-0.15, -0.1) is 0 Å². The van der Waals surface area contributed by atoms with Crippen LogP contribution in [0.4, 0.5) is 9.18 Å². The van der Waals surface area contributed by atoms with Crippen LogP contribution in [0.5, 0.6) is 0 Å². The van der Waals surface area contributed by atoms with Crippen molar-refractivity contribution in [2.24, 2.45) is 0 Å². The summed E-state index contributed by atoms with van der Waals surface area (Å²) in [5.74, 6) is -0.687. The van der Waals surface area contributed by atoms with Crippen LogP contribution in [0, 0.1) is 5.82 Å². The topological polar surface area (TPSA) is 70.7 Å². The molecule has 1 aliphatic rings. The molecule has 1 heterocycles. The number of imide groups is 1. The zero-order valence-electron chi connectivity index (χ0n) is 15.3. The van der Waals surface area contributed by atoms with Crippen molar-refractivity contribution in [2.45, 2.75) is 45.3 Å². The zero-order chi connectivity index (χ0) is 18.8. The van der Waals surface area contributed by atoms with E-state index in [0.29, 0.717) is 19.6 Å². The molecule has 0 spiro atoms. The number of unbranched alkanes of at least 4 members (excludes halogenated alkanes) is 1. The Bertz CT molecular complexity index is 591. The Hall–Kier alpha value is -1.99. The molecule has 0 aliphatic carbocycles. The first-order valence-electron chi connectivity index (χ1n) is 9.23. The van der Waals surface area contributed by atoms with Crippen molar-refractivity contribution in [2.75, 3.05) is 26.2 Å². The predicted molar refractivity (Wildman–Crippen MR) is 97.1 cm³/mol. The number of nitrogens with one attached hydrogen (secondary N) is 2. The molecule has 0 bridgehead atoms. The van der Waals surface area contributed by atoms with Crippen LogP contribution in [-0.4, -0.2) is 49.2 Å². The Labute approximate surface area is 154 Å². The van der Waals surface area contributed by atoms with Crippen LogP contribution < -0.4 is 10.6 Å². The second kappa shape index (κ2) is 10.9. The van der Waals surface area contributed by atoms with Gasteiger partial charge in [0.1, 0.15) is 5.82 Å². The summed E-state index contributed by atoms with van der Waals surface area (Å²) in [5, 5.41) is 5.00. The smallest absolute Gasteiger partial charge is 0.321 e. The standard InChI is InChI=1S/C19H28FN3O3/c1-2-3-9-21-19(25)22-18(24)14-23(13-17-8-5-10-26-17)12-15-6-4-7-16(20)11-15/h4,6-7,11,17H,2-3,5,8-10,12-14H2,1H3,(H2,21,22,24,25). The van der Waals surface area contributed by atoms with Crippen molar-refractivity contribution in [1.29, 1.82) is 0 Å². The lowest BCUT2D eigenvalue weighted by Gasteiger charge is -2.24. The summed E-state index contributed by atoms with van der Waals surface area (Å²) in [4.78, 5) is 25.8. The summed E-state index contributed by atoms with van der Waals surface area (Å²) in [6, 6.07) is 5.84. The molecule has 1 atom stereocenters. The van der Waals surface area contributed by atoms with E-state index in [-0.39, 0.29) is 24.4 Å². The molecule has 2 N–H and O–H groups in total. The molecule has 1 fully saturated rings. The highest BCUT2D eigenvalue weighted by atomic mass is 19.1.